The van der Waals surface area contributed by atoms with Crippen molar-refractivity contribution in [3.8, 4) is 0 Å². The third-order valence-electron chi connectivity index (χ3n) is 4.56. The molecule has 2 aromatic heterocycles. The Morgan fingerprint density at radius 3 is 2.61 bits per heavy atom. The number of amides is 1. The Labute approximate surface area is 194 Å². The average molecular weight is 481 g/mol. The minimum Gasteiger partial charge on any atom is -0.369 e. The van der Waals surface area contributed by atoms with Crippen LogP contribution in [0.5, 0.6) is 0 Å². The van der Waals surface area contributed by atoms with Crippen LogP contribution in [0.4, 0.5) is 19.0 Å². The predicted molar refractivity (Wildman–Crippen MR) is 123 cm³/mol. The van der Waals surface area contributed by atoms with E-state index in [4.69, 9.17) is 0 Å². The van der Waals surface area contributed by atoms with Gasteiger partial charge in [-0.3, -0.25) is 4.79 Å². The number of benzene rings is 1. The molecule has 0 atom stereocenters. The van der Waals surface area contributed by atoms with Gasteiger partial charge >= 0.3 is 6.18 Å². The number of nitrogens with zero attached hydrogens (tertiary/aromatic N) is 4. The summed E-state index contributed by atoms with van der Waals surface area (Å²) in [5, 5.41) is 12.1. The maximum atomic E-state index is 12.9. The summed E-state index contributed by atoms with van der Waals surface area (Å²) in [5.74, 6) is 0.552. The molecule has 0 aliphatic carbocycles. The number of fused-ring (bicyclic) bond motifs is 1. The molecular weight excluding hydrogens is 453 g/mol. The molecule has 33 heavy (non-hydrogen) atoms. The highest BCUT2D eigenvalue weighted by Gasteiger charge is 2.30. The van der Waals surface area contributed by atoms with Crippen molar-refractivity contribution < 1.29 is 18.0 Å². The van der Waals surface area contributed by atoms with Crippen LogP contribution in [0.15, 0.2) is 35.6 Å². The van der Waals surface area contributed by atoms with Crippen molar-refractivity contribution in [2.24, 2.45) is 5.92 Å². The highest BCUT2D eigenvalue weighted by atomic mass is 32.2. The van der Waals surface area contributed by atoms with Gasteiger partial charge in [0.2, 0.25) is 0 Å². The molecule has 0 bridgehead atoms. The molecule has 1 amide bonds. The lowest BCUT2D eigenvalue weighted by atomic mass is 10.1. The predicted octanol–water partition coefficient (Wildman–Crippen LogP) is 4.84. The summed E-state index contributed by atoms with van der Waals surface area (Å²) in [6.45, 7) is 9.55. The second-order valence-corrected chi connectivity index (χ2v) is 9.78. The van der Waals surface area contributed by atoms with Gasteiger partial charge in [-0.15, -0.1) is 0 Å². The van der Waals surface area contributed by atoms with Gasteiger partial charge in [0.05, 0.1) is 23.7 Å². The van der Waals surface area contributed by atoms with E-state index < -0.39 is 17.6 Å². The summed E-state index contributed by atoms with van der Waals surface area (Å²) in [5.41, 5.74) is -0.275. The number of rotatable bonds is 9. The van der Waals surface area contributed by atoms with Gasteiger partial charge in [0.25, 0.3) is 5.91 Å². The number of carbonyl (C=O) groups excluding carboxylic acids is 1. The van der Waals surface area contributed by atoms with Gasteiger partial charge in [0.15, 0.2) is 10.8 Å². The molecule has 2 N–H and O–H groups in total. The zero-order chi connectivity index (χ0) is 24.2. The molecule has 0 saturated heterocycles. The lowest BCUT2D eigenvalue weighted by molar-refractivity contribution is -0.137. The van der Waals surface area contributed by atoms with Gasteiger partial charge < -0.3 is 10.6 Å². The van der Waals surface area contributed by atoms with Crippen molar-refractivity contribution in [2.45, 2.75) is 50.8 Å². The Hall–Kier alpha value is -2.82. The zero-order valence-corrected chi connectivity index (χ0v) is 19.7. The maximum Gasteiger partial charge on any atom is 0.416 e. The number of aromatic nitrogens is 4. The molecule has 0 aliphatic rings. The first-order valence-electron chi connectivity index (χ1n) is 10.6. The Morgan fingerprint density at radius 1 is 1.18 bits per heavy atom. The molecule has 7 nitrogen and oxygen atoms in total. The van der Waals surface area contributed by atoms with Crippen molar-refractivity contribution in [1.29, 1.82) is 0 Å². The number of alkyl halides is 3. The second-order valence-electron chi connectivity index (χ2n) is 8.24. The monoisotopic (exact) mass is 480 g/mol. The lowest BCUT2D eigenvalue weighted by Crippen LogP contribution is -2.27. The smallest absolute Gasteiger partial charge is 0.369 e. The van der Waals surface area contributed by atoms with Crippen LogP contribution in [-0.4, -0.2) is 44.0 Å². The molecule has 11 heteroatoms. The molecule has 0 unspecified atom stereocenters. The molecule has 3 aromatic rings. The van der Waals surface area contributed by atoms with Crippen molar-refractivity contribution >= 4 is 34.5 Å². The van der Waals surface area contributed by atoms with Crippen molar-refractivity contribution in [3.63, 3.8) is 0 Å². The van der Waals surface area contributed by atoms with Gasteiger partial charge in [0.1, 0.15) is 5.82 Å². The van der Waals surface area contributed by atoms with Crippen LogP contribution in [0.3, 0.4) is 0 Å². The number of hydrogen-bond acceptors (Lipinski definition) is 6. The molecule has 0 aliphatic heterocycles. The number of carbonyl (C=O) groups is 1. The summed E-state index contributed by atoms with van der Waals surface area (Å²) in [6.07, 6.45) is -2.83. The topological polar surface area (TPSA) is 84.7 Å². The van der Waals surface area contributed by atoms with Gasteiger partial charge in [-0.1, -0.05) is 45.5 Å². The van der Waals surface area contributed by atoms with Gasteiger partial charge in [-0.05, 0) is 24.1 Å². The summed E-state index contributed by atoms with van der Waals surface area (Å²) in [4.78, 5) is 21.6. The first-order valence-corrected chi connectivity index (χ1v) is 11.5. The van der Waals surface area contributed by atoms with Crippen molar-refractivity contribution in [3.05, 3.63) is 41.6 Å². The van der Waals surface area contributed by atoms with E-state index in [0.29, 0.717) is 34.3 Å². The maximum absolute atomic E-state index is 12.9. The molecule has 1 aromatic carbocycles. The highest BCUT2D eigenvalue weighted by Crippen LogP contribution is 2.29. The normalized spacial score (nSPS) is 12.0. The van der Waals surface area contributed by atoms with Crippen LogP contribution >= 0.6 is 11.8 Å². The Morgan fingerprint density at radius 2 is 1.94 bits per heavy atom. The lowest BCUT2D eigenvalue weighted by Gasteiger charge is -2.12. The van der Waals surface area contributed by atoms with Crippen LogP contribution in [0.1, 0.15) is 43.6 Å². The quantitative estimate of drug-likeness (QED) is 0.337. The summed E-state index contributed by atoms with van der Waals surface area (Å²) in [7, 11) is 0. The van der Waals surface area contributed by atoms with Crippen LogP contribution in [0.2, 0.25) is 0 Å². The third-order valence-corrected chi connectivity index (χ3v) is 5.42. The van der Waals surface area contributed by atoms with Crippen LogP contribution in [0, 0.1) is 5.92 Å². The van der Waals surface area contributed by atoms with E-state index in [0.717, 1.165) is 24.1 Å². The molecule has 0 saturated carbocycles. The Kier molecular flexibility index (Phi) is 7.83. The van der Waals surface area contributed by atoms with E-state index in [9.17, 15) is 18.0 Å². The summed E-state index contributed by atoms with van der Waals surface area (Å²) >= 11 is 1.54. The summed E-state index contributed by atoms with van der Waals surface area (Å²) < 4.78 is 40.4. The van der Waals surface area contributed by atoms with E-state index in [1.807, 2.05) is 0 Å². The molecule has 3 rings (SSSR count). The number of anilines is 1. The van der Waals surface area contributed by atoms with Gasteiger partial charge in [0, 0.05) is 23.9 Å². The standard InChI is InChI=1S/C22H27F3N6OS/c1-13(2)11-27-18-17-12-28-31(19(17)30-21(29-18)33-14(3)4)9-8-26-20(32)15-6-5-7-16(10-15)22(23,24)25/h5-7,10,12-14H,8-9,11H2,1-4H3,(H,26,32)(H,27,29,30). The second kappa shape index (κ2) is 10.4. The van der Waals surface area contributed by atoms with Crippen molar-refractivity contribution in [2.75, 3.05) is 18.4 Å². The number of halogens is 3. The molecule has 0 radical (unpaired) electrons. The largest absolute Gasteiger partial charge is 0.416 e. The average Bonchev–Trinajstić information content (AvgIpc) is 3.14. The molecule has 178 valence electrons. The minimum atomic E-state index is -4.50. The molecule has 2 heterocycles. The van der Waals surface area contributed by atoms with E-state index in [1.54, 1.807) is 10.9 Å². The molecule has 0 fully saturated rings. The van der Waals surface area contributed by atoms with Crippen LogP contribution in [0.25, 0.3) is 11.0 Å². The fourth-order valence-electron chi connectivity index (χ4n) is 3.01. The van der Waals surface area contributed by atoms with Crippen molar-refractivity contribution in [1.82, 2.24) is 25.1 Å². The highest BCUT2D eigenvalue weighted by molar-refractivity contribution is 7.99. The third kappa shape index (κ3) is 6.59. The zero-order valence-electron chi connectivity index (χ0n) is 18.9. The molecular formula is C22H27F3N6OS. The Balaban J connectivity index is 1.75. The molecule has 0 spiro atoms. The SMILES string of the molecule is CC(C)CNc1nc(SC(C)C)nc2c1cnn2CCNC(=O)c1cccc(C(F)(F)F)c1. The van der Waals surface area contributed by atoms with Gasteiger partial charge in [-0.25, -0.2) is 14.6 Å². The van der Waals surface area contributed by atoms with E-state index >= 15 is 0 Å². The summed E-state index contributed by atoms with van der Waals surface area (Å²) in [6, 6.07) is 4.34. The number of thioether (sulfide) groups is 1. The van der Waals surface area contributed by atoms with Crippen LogP contribution in [-0.2, 0) is 12.7 Å². The number of nitrogens with one attached hydrogen (secondary N) is 2. The van der Waals surface area contributed by atoms with E-state index in [1.165, 1.54) is 23.9 Å². The van der Waals surface area contributed by atoms with E-state index in [2.05, 4.69) is 53.4 Å². The fourth-order valence-corrected chi connectivity index (χ4v) is 3.72. The van der Waals surface area contributed by atoms with Crippen LogP contribution < -0.4 is 10.6 Å². The van der Waals surface area contributed by atoms with Gasteiger partial charge in [-0.2, -0.15) is 18.3 Å². The number of hydrogen-bond donors (Lipinski definition) is 2. The minimum absolute atomic E-state index is 0.0479. The Bertz CT molecular complexity index is 1110. The fraction of sp³-hybridized carbons (Fsp3) is 0.455. The first-order chi connectivity index (χ1) is 15.5. The van der Waals surface area contributed by atoms with E-state index in [-0.39, 0.29) is 12.1 Å². The first kappa shape index (κ1) is 24.8.